The molecule has 0 aromatic carbocycles. The molecule has 3 heterocycles. The Kier molecular flexibility index (Phi) is 6.44. The molecule has 1 amide bonds. The maximum atomic E-state index is 13.3. The third-order valence-corrected chi connectivity index (χ3v) is 7.13. The van der Waals surface area contributed by atoms with Gasteiger partial charge in [-0.1, -0.05) is 0 Å². The van der Waals surface area contributed by atoms with Gasteiger partial charge in [0.2, 0.25) is 0 Å². The number of rotatable bonds is 7. The molecule has 2 atom stereocenters. The normalized spacial score (nSPS) is 24.1. The zero-order valence-electron chi connectivity index (χ0n) is 19.9. The number of hydrogen-bond acceptors (Lipinski definition) is 8. The lowest BCUT2D eigenvalue weighted by Crippen LogP contribution is -2.50. The van der Waals surface area contributed by atoms with Crippen LogP contribution in [0.1, 0.15) is 54.9 Å². The Bertz CT molecular complexity index is 1280. The van der Waals surface area contributed by atoms with E-state index in [1.807, 2.05) is 12.3 Å². The highest BCUT2D eigenvalue weighted by Gasteiger charge is 2.31. The summed E-state index contributed by atoms with van der Waals surface area (Å²) in [6.45, 7) is 0. The molecule has 11 nitrogen and oxygen atoms in total. The highest BCUT2D eigenvalue weighted by atomic mass is 16.5. The fraction of sp³-hybridized carbons (Fsp3) is 0.500. The van der Waals surface area contributed by atoms with Crippen LogP contribution in [0.5, 0.6) is 0 Å². The van der Waals surface area contributed by atoms with Crippen LogP contribution in [0.15, 0.2) is 35.4 Å². The molecule has 0 unspecified atom stereocenters. The fourth-order valence-electron chi connectivity index (χ4n) is 4.85. The summed E-state index contributed by atoms with van der Waals surface area (Å²) in [5.74, 6) is 0.677. The standard InChI is InChI=1S/C24H31N7O4/c1-25-21-12-20(29-22-16(13-26-31(21)22)23(33)28-17-9-10-19(17)32)27-18-4-3-11-30(24(18)34)14-5-7-15(35-2)8-6-14/h3-4,11-15,17,19,25,32H,5-10H2,1-2H3,(H,27,29)(H,28,33)/t14?,15?,17-,19-/m1/s1. The number of methoxy groups -OCH3 is 1. The van der Waals surface area contributed by atoms with Gasteiger partial charge in [0, 0.05) is 32.5 Å². The lowest BCUT2D eigenvalue weighted by Gasteiger charge is -2.32. The van der Waals surface area contributed by atoms with Gasteiger partial charge in [0.25, 0.3) is 11.5 Å². The monoisotopic (exact) mass is 481 g/mol. The van der Waals surface area contributed by atoms with Crippen molar-refractivity contribution in [2.45, 2.75) is 62.8 Å². The van der Waals surface area contributed by atoms with Crippen LogP contribution in [0.25, 0.3) is 5.65 Å². The second-order valence-corrected chi connectivity index (χ2v) is 9.22. The molecule has 186 valence electrons. The number of nitrogens with zero attached hydrogens (tertiary/aromatic N) is 4. The van der Waals surface area contributed by atoms with Gasteiger partial charge < -0.3 is 30.4 Å². The Morgan fingerprint density at radius 2 is 2.00 bits per heavy atom. The summed E-state index contributed by atoms with van der Waals surface area (Å²) in [4.78, 5) is 30.7. The average molecular weight is 482 g/mol. The minimum atomic E-state index is -0.524. The highest BCUT2D eigenvalue weighted by molar-refractivity contribution is 6.00. The van der Waals surface area contributed by atoms with Crippen molar-refractivity contribution in [1.29, 1.82) is 0 Å². The molecule has 0 saturated heterocycles. The summed E-state index contributed by atoms with van der Waals surface area (Å²) < 4.78 is 8.78. The zero-order valence-corrected chi connectivity index (χ0v) is 19.9. The van der Waals surface area contributed by atoms with Crippen molar-refractivity contribution in [1.82, 2.24) is 24.5 Å². The summed E-state index contributed by atoms with van der Waals surface area (Å²) in [6.07, 6.45) is 8.07. The van der Waals surface area contributed by atoms with E-state index in [4.69, 9.17) is 4.74 Å². The Labute approximate surface area is 202 Å². The van der Waals surface area contributed by atoms with E-state index in [2.05, 4.69) is 26.0 Å². The number of carbonyl (C=O) groups excluding carboxylic acids is 1. The first-order chi connectivity index (χ1) is 17.0. The van der Waals surface area contributed by atoms with E-state index >= 15 is 0 Å². The van der Waals surface area contributed by atoms with Gasteiger partial charge in [0.05, 0.1) is 24.4 Å². The van der Waals surface area contributed by atoms with Crippen LogP contribution >= 0.6 is 0 Å². The number of fused-ring (bicyclic) bond motifs is 1. The predicted molar refractivity (Wildman–Crippen MR) is 131 cm³/mol. The molecule has 0 spiro atoms. The maximum Gasteiger partial charge on any atom is 0.274 e. The SMILES string of the molecule is CNc1cc(Nc2cccn(C3CCC(OC)CC3)c2=O)nc2c(C(=O)N[C@@H]3CC[C@H]3O)cnn12. The lowest BCUT2D eigenvalue weighted by atomic mass is 9.89. The quantitative estimate of drug-likeness (QED) is 0.403. The molecular formula is C24H31N7O4. The van der Waals surface area contributed by atoms with Crippen molar-refractivity contribution < 1.29 is 14.6 Å². The van der Waals surface area contributed by atoms with Crippen LogP contribution in [0.2, 0.25) is 0 Å². The van der Waals surface area contributed by atoms with Gasteiger partial charge in [-0.3, -0.25) is 9.59 Å². The third-order valence-electron chi connectivity index (χ3n) is 7.13. The number of nitrogens with one attached hydrogen (secondary N) is 3. The second kappa shape index (κ2) is 9.67. The molecule has 0 bridgehead atoms. The second-order valence-electron chi connectivity index (χ2n) is 9.22. The first kappa shape index (κ1) is 23.3. The Balaban J connectivity index is 1.42. The van der Waals surface area contributed by atoms with Gasteiger partial charge >= 0.3 is 0 Å². The van der Waals surface area contributed by atoms with E-state index in [9.17, 15) is 14.7 Å². The van der Waals surface area contributed by atoms with Crippen molar-refractivity contribution in [2.24, 2.45) is 0 Å². The number of anilines is 3. The number of aromatic nitrogens is 4. The van der Waals surface area contributed by atoms with Gasteiger partial charge in [-0.25, -0.2) is 4.98 Å². The summed E-state index contributed by atoms with van der Waals surface area (Å²) in [5, 5.41) is 23.2. The molecule has 35 heavy (non-hydrogen) atoms. The molecule has 3 aromatic heterocycles. The smallest absolute Gasteiger partial charge is 0.274 e. The van der Waals surface area contributed by atoms with Gasteiger partial charge in [-0.2, -0.15) is 9.61 Å². The maximum absolute atomic E-state index is 13.3. The molecule has 2 aliphatic rings. The fourth-order valence-corrected chi connectivity index (χ4v) is 4.85. The van der Waals surface area contributed by atoms with E-state index in [0.29, 0.717) is 35.0 Å². The van der Waals surface area contributed by atoms with Gasteiger partial charge in [0.1, 0.15) is 22.9 Å². The Morgan fingerprint density at radius 1 is 1.20 bits per heavy atom. The molecule has 11 heteroatoms. The topological polar surface area (TPSA) is 135 Å². The molecule has 4 N–H and O–H groups in total. The molecule has 0 aliphatic heterocycles. The zero-order chi connectivity index (χ0) is 24.5. The van der Waals surface area contributed by atoms with E-state index in [-0.39, 0.29) is 29.7 Å². The van der Waals surface area contributed by atoms with E-state index in [1.165, 1.54) is 10.7 Å². The predicted octanol–water partition coefficient (Wildman–Crippen LogP) is 2.06. The molecule has 3 aromatic rings. The third kappa shape index (κ3) is 4.48. The van der Waals surface area contributed by atoms with Crippen molar-refractivity contribution >= 4 is 28.9 Å². The van der Waals surface area contributed by atoms with Gasteiger partial charge in [-0.15, -0.1) is 0 Å². The number of carbonyl (C=O) groups is 1. The number of aliphatic hydroxyl groups excluding tert-OH is 1. The molecule has 0 radical (unpaired) electrons. The number of amides is 1. The van der Waals surface area contributed by atoms with Gasteiger partial charge in [-0.05, 0) is 50.7 Å². The number of pyridine rings is 1. The van der Waals surface area contributed by atoms with Crippen molar-refractivity contribution in [2.75, 3.05) is 24.8 Å². The van der Waals surface area contributed by atoms with Crippen LogP contribution in [-0.2, 0) is 4.74 Å². The molecule has 2 aliphatic carbocycles. The average Bonchev–Trinajstić information content (AvgIpc) is 3.31. The summed E-state index contributed by atoms with van der Waals surface area (Å²) in [7, 11) is 3.48. The van der Waals surface area contributed by atoms with Crippen LogP contribution in [0, 0.1) is 0 Å². The van der Waals surface area contributed by atoms with Crippen molar-refractivity contribution in [3.63, 3.8) is 0 Å². The molecule has 2 fully saturated rings. The first-order valence-electron chi connectivity index (χ1n) is 12.0. The number of hydrogen-bond donors (Lipinski definition) is 4. The largest absolute Gasteiger partial charge is 0.391 e. The summed E-state index contributed by atoms with van der Waals surface area (Å²) in [6, 6.07) is 5.19. The van der Waals surface area contributed by atoms with E-state index in [1.54, 1.807) is 30.9 Å². The summed E-state index contributed by atoms with van der Waals surface area (Å²) in [5.41, 5.74) is 0.930. The van der Waals surface area contributed by atoms with Gasteiger partial charge in [0.15, 0.2) is 5.65 Å². The van der Waals surface area contributed by atoms with Crippen LogP contribution in [-0.4, -0.2) is 62.6 Å². The highest BCUT2D eigenvalue weighted by Crippen LogP contribution is 2.29. The summed E-state index contributed by atoms with van der Waals surface area (Å²) >= 11 is 0. The minimum absolute atomic E-state index is 0.119. The minimum Gasteiger partial charge on any atom is -0.391 e. The Morgan fingerprint density at radius 3 is 2.66 bits per heavy atom. The number of ether oxygens (including phenoxy) is 1. The van der Waals surface area contributed by atoms with Crippen LogP contribution in [0.3, 0.4) is 0 Å². The van der Waals surface area contributed by atoms with Crippen molar-refractivity contribution in [3.05, 3.63) is 46.5 Å². The molecule has 2 saturated carbocycles. The Hall–Kier alpha value is -3.44. The molecule has 5 rings (SSSR count). The van der Waals surface area contributed by atoms with Crippen LogP contribution in [0.4, 0.5) is 17.3 Å². The number of aliphatic hydroxyl groups is 1. The first-order valence-corrected chi connectivity index (χ1v) is 12.0. The van der Waals surface area contributed by atoms with E-state index in [0.717, 1.165) is 32.1 Å². The molecular weight excluding hydrogens is 450 g/mol. The lowest BCUT2D eigenvalue weighted by molar-refractivity contribution is 0.0448. The van der Waals surface area contributed by atoms with E-state index < -0.39 is 6.10 Å². The van der Waals surface area contributed by atoms with Crippen molar-refractivity contribution in [3.8, 4) is 0 Å². The van der Waals surface area contributed by atoms with Crippen LogP contribution < -0.4 is 21.5 Å².